The van der Waals surface area contributed by atoms with E-state index in [0.29, 0.717) is 37.8 Å². The molecular formula is C14H14Cl4N2OS. The average Bonchev–Trinajstić information content (AvgIpc) is 3.20. The van der Waals surface area contributed by atoms with Crippen LogP contribution in [0, 0.1) is 5.92 Å². The Morgan fingerprint density at radius 3 is 2.68 bits per heavy atom. The van der Waals surface area contributed by atoms with Gasteiger partial charge in [-0.2, -0.15) is 0 Å². The Balaban J connectivity index is 0.00000176. The predicted octanol–water partition coefficient (Wildman–Crippen LogP) is 4.75. The second kappa shape index (κ2) is 7.12. The van der Waals surface area contributed by atoms with E-state index in [1.165, 1.54) is 11.3 Å². The molecule has 1 atom stereocenters. The summed E-state index contributed by atoms with van der Waals surface area (Å²) in [7, 11) is 0. The highest BCUT2D eigenvalue weighted by atomic mass is 35.5. The predicted molar refractivity (Wildman–Crippen MR) is 97.1 cm³/mol. The fourth-order valence-electron chi connectivity index (χ4n) is 2.24. The third kappa shape index (κ3) is 3.64. The number of fused-ring (bicyclic) bond motifs is 1. The average molecular weight is 400 g/mol. The van der Waals surface area contributed by atoms with Crippen molar-refractivity contribution in [2.24, 2.45) is 11.7 Å². The topological polar surface area (TPSA) is 55.1 Å². The van der Waals surface area contributed by atoms with Gasteiger partial charge < -0.3 is 11.1 Å². The second-order valence-corrected chi connectivity index (χ2v) is 7.49. The summed E-state index contributed by atoms with van der Waals surface area (Å²) in [5.41, 5.74) is 5.98. The largest absolute Gasteiger partial charge is 0.350 e. The van der Waals surface area contributed by atoms with Crippen LogP contribution in [0.3, 0.4) is 0 Å². The van der Waals surface area contributed by atoms with Crippen molar-refractivity contribution < 1.29 is 4.79 Å². The van der Waals surface area contributed by atoms with Gasteiger partial charge in [-0.15, -0.1) is 23.7 Å². The Kier molecular flexibility index (Phi) is 5.86. The minimum Gasteiger partial charge on any atom is -0.350 e. The summed E-state index contributed by atoms with van der Waals surface area (Å²) in [6.07, 6.45) is 2.30. The van der Waals surface area contributed by atoms with Gasteiger partial charge in [-0.05, 0) is 30.9 Å². The lowest BCUT2D eigenvalue weighted by Gasteiger charge is -2.10. The number of rotatable bonds is 4. The summed E-state index contributed by atoms with van der Waals surface area (Å²) in [5.74, 6) is 0.320. The third-order valence-electron chi connectivity index (χ3n) is 3.58. The second-order valence-electron chi connectivity index (χ2n) is 5.22. The standard InChI is InChI=1S/C14H13Cl3N2OS.ClH/c15-7-3-8(16)11-10(4-7)21-13(12(11)17)14(20)19-5-9(18)6-1-2-6;/h3-4,6,9H,1-2,5,18H2,(H,19,20);1H. The monoisotopic (exact) mass is 398 g/mol. The molecule has 2 aromatic rings. The van der Waals surface area contributed by atoms with Gasteiger partial charge in [0, 0.05) is 27.7 Å². The van der Waals surface area contributed by atoms with Crippen LogP contribution in [-0.2, 0) is 0 Å². The molecule has 3 rings (SSSR count). The molecule has 8 heteroatoms. The quantitative estimate of drug-likeness (QED) is 0.779. The van der Waals surface area contributed by atoms with E-state index >= 15 is 0 Å². The van der Waals surface area contributed by atoms with Crippen molar-refractivity contribution in [1.29, 1.82) is 0 Å². The van der Waals surface area contributed by atoms with E-state index in [-0.39, 0.29) is 24.4 Å². The number of hydrogen-bond acceptors (Lipinski definition) is 3. The molecule has 1 aromatic heterocycles. The fourth-order valence-corrected chi connectivity index (χ4v) is 4.53. The lowest BCUT2D eigenvalue weighted by Crippen LogP contribution is -2.38. The van der Waals surface area contributed by atoms with E-state index in [2.05, 4.69) is 5.32 Å². The van der Waals surface area contributed by atoms with Gasteiger partial charge in [0.2, 0.25) is 0 Å². The van der Waals surface area contributed by atoms with E-state index in [1.807, 2.05) is 0 Å². The van der Waals surface area contributed by atoms with Crippen LogP contribution in [0.4, 0.5) is 0 Å². The summed E-state index contributed by atoms with van der Waals surface area (Å²) >= 11 is 19.7. The first-order chi connectivity index (χ1) is 9.97. The molecule has 1 heterocycles. The minimum absolute atomic E-state index is 0. The summed E-state index contributed by atoms with van der Waals surface area (Å²) in [6.45, 7) is 0.461. The van der Waals surface area contributed by atoms with Crippen molar-refractivity contribution in [2.75, 3.05) is 6.54 Å². The Morgan fingerprint density at radius 2 is 2.05 bits per heavy atom. The zero-order valence-electron chi connectivity index (χ0n) is 11.4. The third-order valence-corrected chi connectivity index (χ3v) is 5.72. The summed E-state index contributed by atoms with van der Waals surface area (Å²) in [6, 6.07) is 3.39. The molecule has 1 fully saturated rings. The molecule has 3 N–H and O–H groups in total. The maximum absolute atomic E-state index is 12.3. The highest BCUT2D eigenvalue weighted by molar-refractivity contribution is 7.21. The van der Waals surface area contributed by atoms with Gasteiger partial charge in [-0.1, -0.05) is 34.8 Å². The number of thiophene rings is 1. The summed E-state index contributed by atoms with van der Waals surface area (Å²) in [5, 5.41) is 4.85. The zero-order valence-corrected chi connectivity index (χ0v) is 15.3. The maximum Gasteiger partial charge on any atom is 0.262 e. The van der Waals surface area contributed by atoms with Crippen LogP contribution in [0.1, 0.15) is 22.5 Å². The molecule has 0 aliphatic heterocycles. The number of carbonyl (C=O) groups is 1. The van der Waals surface area contributed by atoms with Gasteiger partial charge in [0.1, 0.15) is 4.88 Å². The first-order valence-corrected chi connectivity index (χ1v) is 8.53. The molecule has 0 radical (unpaired) electrons. The molecule has 22 heavy (non-hydrogen) atoms. The van der Waals surface area contributed by atoms with Crippen LogP contribution in [0.15, 0.2) is 12.1 Å². The van der Waals surface area contributed by atoms with Gasteiger partial charge >= 0.3 is 0 Å². The van der Waals surface area contributed by atoms with Gasteiger partial charge in [-0.25, -0.2) is 0 Å². The molecule has 120 valence electrons. The normalized spacial score (nSPS) is 15.5. The smallest absolute Gasteiger partial charge is 0.262 e. The number of amides is 1. The van der Waals surface area contributed by atoms with Crippen molar-refractivity contribution in [3.8, 4) is 0 Å². The van der Waals surface area contributed by atoms with Crippen LogP contribution in [0.25, 0.3) is 10.1 Å². The molecule has 0 saturated heterocycles. The van der Waals surface area contributed by atoms with E-state index in [4.69, 9.17) is 40.5 Å². The number of benzene rings is 1. The number of hydrogen-bond donors (Lipinski definition) is 2. The van der Waals surface area contributed by atoms with E-state index < -0.39 is 0 Å². The first-order valence-electron chi connectivity index (χ1n) is 6.58. The van der Waals surface area contributed by atoms with E-state index in [1.54, 1.807) is 12.1 Å². The Bertz CT molecular complexity index is 714. The zero-order chi connectivity index (χ0) is 15.1. The molecule has 1 aromatic carbocycles. The highest BCUT2D eigenvalue weighted by Gasteiger charge is 2.29. The van der Waals surface area contributed by atoms with Gasteiger partial charge in [-0.3, -0.25) is 4.79 Å². The van der Waals surface area contributed by atoms with Crippen molar-refractivity contribution in [1.82, 2.24) is 5.32 Å². The van der Waals surface area contributed by atoms with Gasteiger partial charge in [0.15, 0.2) is 0 Å². The van der Waals surface area contributed by atoms with Crippen LogP contribution < -0.4 is 11.1 Å². The van der Waals surface area contributed by atoms with Crippen molar-refractivity contribution in [3.05, 3.63) is 32.1 Å². The minimum atomic E-state index is -0.218. The SMILES string of the molecule is Cl.NC(CNC(=O)c1sc2cc(Cl)cc(Cl)c2c1Cl)C1CC1. The first kappa shape index (κ1) is 18.1. The number of halogens is 4. The molecule has 1 unspecified atom stereocenters. The molecular weight excluding hydrogens is 386 g/mol. The number of nitrogens with one attached hydrogen (secondary N) is 1. The van der Waals surface area contributed by atoms with Gasteiger partial charge in [0.25, 0.3) is 5.91 Å². The number of nitrogens with two attached hydrogens (primary N) is 1. The lowest BCUT2D eigenvalue weighted by molar-refractivity contribution is 0.0954. The van der Waals surface area contributed by atoms with Crippen molar-refractivity contribution in [2.45, 2.75) is 18.9 Å². The molecule has 1 amide bonds. The van der Waals surface area contributed by atoms with Crippen LogP contribution in [0.2, 0.25) is 15.1 Å². The Morgan fingerprint density at radius 1 is 1.36 bits per heavy atom. The maximum atomic E-state index is 12.3. The molecule has 0 spiro atoms. The van der Waals surface area contributed by atoms with Gasteiger partial charge in [0.05, 0.1) is 10.0 Å². The van der Waals surface area contributed by atoms with Crippen LogP contribution >= 0.6 is 58.5 Å². The summed E-state index contributed by atoms with van der Waals surface area (Å²) < 4.78 is 0.800. The Labute approximate surface area is 153 Å². The number of carbonyl (C=O) groups excluding carboxylic acids is 1. The molecule has 1 aliphatic carbocycles. The van der Waals surface area contributed by atoms with E-state index in [0.717, 1.165) is 17.5 Å². The summed E-state index contributed by atoms with van der Waals surface area (Å²) in [4.78, 5) is 12.7. The fraction of sp³-hybridized carbons (Fsp3) is 0.357. The van der Waals surface area contributed by atoms with Crippen LogP contribution in [-0.4, -0.2) is 18.5 Å². The van der Waals surface area contributed by atoms with Crippen molar-refractivity contribution >= 4 is 74.5 Å². The Hall–Kier alpha value is -0.230. The van der Waals surface area contributed by atoms with Crippen molar-refractivity contribution in [3.63, 3.8) is 0 Å². The molecule has 0 bridgehead atoms. The molecule has 1 saturated carbocycles. The molecule has 3 nitrogen and oxygen atoms in total. The van der Waals surface area contributed by atoms with Crippen LogP contribution in [0.5, 0.6) is 0 Å². The lowest BCUT2D eigenvalue weighted by atomic mass is 10.2. The van der Waals surface area contributed by atoms with E-state index in [9.17, 15) is 4.79 Å². The molecule has 1 aliphatic rings. The highest BCUT2D eigenvalue weighted by Crippen LogP contribution is 2.41.